The minimum atomic E-state index is -3.36. The van der Waals surface area contributed by atoms with Crippen molar-refractivity contribution in [1.29, 1.82) is 0 Å². The van der Waals surface area contributed by atoms with Crippen LogP contribution in [0.15, 0.2) is 30.5 Å². The van der Waals surface area contributed by atoms with E-state index in [9.17, 15) is 8.42 Å². The number of nitrogens with zero attached hydrogens (tertiary/aromatic N) is 4. The molecule has 0 saturated carbocycles. The van der Waals surface area contributed by atoms with Gasteiger partial charge in [-0.3, -0.25) is 14.5 Å². The normalized spacial score (nSPS) is 20.8. The number of likely N-dealkylation sites (tertiary alicyclic amines) is 1. The lowest BCUT2D eigenvalue weighted by atomic mass is 9.97. The number of pyridine rings is 1. The molecule has 1 N–H and O–H groups in total. The van der Waals surface area contributed by atoms with Gasteiger partial charge in [0.15, 0.2) is 0 Å². The molecule has 0 amide bonds. The fourth-order valence-corrected chi connectivity index (χ4v) is 6.34. The van der Waals surface area contributed by atoms with Crippen LogP contribution in [0.2, 0.25) is 5.02 Å². The molecule has 0 bridgehead atoms. The highest BCUT2D eigenvalue weighted by Crippen LogP contribution is 2.31. The minimum Gasteiger partial charge on any atom is -0.353 e. The third kappa shape index (κ3) is 6.67. The van der Waals surface area contributed by atoms with Gasteiger partial charge in [0, 0.05) is 38.3 Å². The number of aromatic nitrogens is 1. The van der Waals surface area contributed by atoms with Gasteiger partial charge in [-0.25, -0.2) is 13.4 Å². The Labute approximate surface area is 215 Å². The third-order valence-corrected chi connectivity index (χ3v) is 8.23. The van der Waals surface area contributed by atoms with Crippen LogP contribution in [0.1, 0.15) is 42.9 Å². The molecule has 7 nitrogen and oxygen atoms in total. The Morgan fingerprint density at radius 2 is 1.86 bits per heavy atom. The van der Waals surface area contributed by atoms with Crippen LogP contribution >= 0.6 is 11.6 Å². The zero-order chi connectivity index (χ0) is 25.2. The van der Waals surface area contributed by atoms with Gasteiger partial charge in [0.25, 0.3) is 0 Å². The topological polar surface area (TPSA) is 68.8 Å². The first-order valence-electron chi connectivity index (χ1n) is 12.6. The zero-order valence-corrected chi connectivity index (χ0v) is 22.9. The van der Waals surface area contributed by atoms with Crippen molar-refractivity contribution >= 4 is 33.1 Å². The second-order valence-corrected chi connectivity index (χ2v) is 12.2. The number of piperazine rings is 1. The molecule has 0 unspecified atom stereocenters. The second-order valence-electron chi connectivity index (χ2n) is 10.1. The molecule has 2 aliphatic heterocycles. The Balaban J connectivity index is 1.34. The van der Waals surface area contributed by atoms with Gasteiger partial charge < -0.3 is 4.90 Å². The van der Waals surface area contributed by atoms with E-state index in [0.29, 0.717) is 22.8 Å². The van der Waals surface area contributed by atoms with E-state index in [0.717, 1.165) is 57.8 Å². The first kappa shape index (κ1) is 26.2. The van der Waals surface area contributed by atoms with Gasteiger partial charge in [-0.2, -0.15) is 0 Å². The van der Waals surface area contributed by atoms with E-state index in [1.807, 2.05) is 0 Å². The van der Waals surface area contributed by atoms with Gasteiger partial charge in [-0.1, -0.05) is 42.3 Å². The van der Waals surface area contributed by atoms with Gasteiger partial charge in [-0.05, 0) is 63.4 Å². The van der Waals surface area contributed by atoms with E-state index in [-0.39, 0.29) is 0 Å². The number of benzene rings is 1. The summed E-state index contributed by atoms with van der Waals surface area (Å²) in [6, 6.07) is 9.49. The summed E-state index contributed by atoms with van der Waals surface area (Å²) >= 11 is 6.51. The number of hydrogen-bond donors (Lipinski definition) is 1. The van der Waals surface area contributed by atoms with Crippen molar-refractivity contribution in [1.82, 2.24) is 14.8 Å². The highest BCUT2D eigenvalue weighted by molar-refractivity contribution is 7.92. The highest BCUT2D eigenvalue weighted by atomic mass is 35.5. The van der Waals surface area contributed by atoms with Crippen molar-refractivity contribution in [3.05, 3.63) is 52.2 Å². The Morgan fingerprint density at radius 3 is 2.49 bits per heavy atom. The summed E-state index contributed by atoms with van der Waals surface area (Å²) in [5, 5.41) is 0.474. The van der Waals surface area contributed by atoms with E-state index in [2.05, 4.69) is 63.4 Å². The molecule has 9 heteroatoms. The van der Waals surface area contributed by atoms with E-state index in [4.69, 9.17) is 11.6 Å². The number of nitrogens with one attached hydrogen (secondary N) is 1. The van der Waals surface area contributed by atoms with Gasteiger partial charge >= 0.3 is 0 Å². The van der Waals surface area contributed by atoms with E-state index >= 15 is 0 Å². The minimum absolute atomic E-state index is 0.388. The molecular weight excluding hydrogens is 482 g/mol. The molecule has 2 aromatic rings. The molecule has 0 aliphatic carbocycles. The number of sulfonamides is 1. The summed E-state index contributed by atoms with van der Waals surface area (Å²) in [4.78, 5) is 12.0. The molecule has 0 radical (unpaired) electrons. The fourth-order valence-electron chi connectivity index (χ4n) is 5.51. The van der Waals surface area contributed by atoms with Crippen molar-refractivity contribution in [3.8, 4) is 0 Å². The molecule has 2 saturated heterocycles. The summed E-state index contributed by atoms with van der Waals surface area (Å²) < 4.78 is 25.5. The molecule has 1 atom stereocenters. The predicted molar refractivity (Wildman–Crippen MR) is 145 cm³/mol. The zero-order valence-electron chi connectivity index (χ0n) is 21.3. The molecule has 4 rings (SSSR count). The highest BCUT2D eigenvalue weighted by Gasteiger charge is 2.34. The smallest absolute Gasteiger partial charge is 0.229 e. The van der Waals surface area contributed by atoms with Gasteiger partial charge in [0.05, 0.1) is 23.2 Å². The number of aryl methyl sites for hydroxylation is 2. The Kier molecular flexibility index (Phi) is 8.26. The average molecular weight is 520 g/mol. The first-order chi connectivity index (χ1) is 16.6. The van der Waals surface area contributed by atoms with Crippen LogP contribution in [-0.4, -0.2) is 74.3 Å². The number of piperidine rings is 1. The van der Waals surface area contributed by atoms with Crippen molar-refractivity contribution in [2.75, 3.05) is 48.6 Å². The Morgan fingerprint density at radius 1 is 1.11 bits per heavy atom. The SMILES string of the molecule is CC[C@H]1CN(c2ncc(NS(C)(=O)=O)cc2Cl)CCN1C1CCN(Cc2ccc(C)cc2C)CC1. The van der Waals surface area contributed by atoms with Crippen molar-refractivity contribution in [2.24, 2.45) is 0 Å². The van der Waals surface area contributed by atoms with Crippen molar-refractivity contribution < 1.29 is 8.42 Å². The van der Waals surface area contributed by atoms with Gasteiger partial charge in [0.2, 0.25) is 10.0 Å². The second kappa shape index (κ2) is 11.0. The van der Waals surface area contributed by atoms with Crippen molar-refractivity contribution in [3.63, 3.8) is 0 Å². The van der Waals surface area contributed by atoms with E-state index in [1.54, 1.807) is 12.3 Å². The molecule has 2 aliphatic rings. The summed E-state index contributed by atoms with van der Waals surface area (Å²) in [6.45, 7) is 12.7. The molecule has 1 aromatic carbocycles. The maximum atomic E-state index is 11.5. The van der Waals surface area contributed by atoms with Crippen molar-refractivity contribution in [2.45, 2.75) is 58.7 Å². The largest absolute Gasteiger partial charge is 0.353 e. The lowest BCUT2D eigenvalue weighted by molar-refractivity contribution is 0.0610. The lowest BCUT2D eigenvalue weighted by Gasteiger charge is -2.47. The van der Waals surface area contributed by atoms with Crippen LogP contribution in [0.3, 0.4) is 0 Å². The van der Waals surface area contributed by atoms with E-state index in [1.165, 1.54) is 29.5 Å². The summed E-state index contributed by atoms with van der Waals surface area (Å²) in [6.07, 6.45) is 6.14. The molecular formula is C26H38ClN5O2S. The monoisotopic (exact) mass is 519 g/mol. The standard InChI is InChI=1S/C26H38ClN5O2S/c1-5-23-18-31(26-25(27)15-22(16-28-26)29-35(4,33)34)12-13-32(23)24-8-10-30(11-9-24)17-21-7-6-19(2)14-20(21)3/h6-7,14-16,23-24,29H,5,8-13,17-18H2,1-4H3/t23-/m0/s1. The first-order valence-corrected chi connectivity index (χ1v) is 14.8. The fraction of sp³-hybridized carbons (Fsp3) is 0.577. The third-order valence-electron chi connectivity index (χ3n) is 7.34. The molecule has 35 heavy (non-hydrogen) atoms. The summed E-state index contributed by atoms with van der Waals surface area (Å²) in [5.74, 6) is 0.729. The van der Waals surface area contributed by atoms with E-state index < -0.39 is 10.0 Å². The van der Waals surface area contributed by atoms with Crippen LogP contribution in [0.4, 0.5) is 11.5 Å². The lowest BCUT2D eigenvalue weighted by Crippen LogP contribution is -2.58. The van der Waals surface area contributed by atoms with Crippen LogP contribution in [0.5, 0.6) is 0 Å². The number of halogens is 1. The summed E-state index contributed by atoms with van der Waals surface area (Å²) in [7, 11) is -3.36. The predicted octanol–water partition coefficient (Wildman–Crippen LogP) is 4.29. The number of anilines is 2. The quantitative estimate of drug-likeness (QED) is 0.588. The van der Waals surface area contributed by atoms with Crippen LogP contribution < -0.4 is 9.62 Å². The average Bonchev–Trinajstić information content (AvgIpc) is 2.80. The number of hydrogen-bond acceptors (Lipinski definition) is 6. The molecule has 0 spiro atoms. The van der Waals surface area contributed by atoms with Crippen LogP contribution in [0, 0.1) is 13.8 Å². The molecule has 192 valence electrons. The molecule has 2 fully saturated rings. The maximum absolute atomic E-state index is 11.5. The summed E-state index contributed by atoms with van der Waals surface area (Å²) in [5.41, 5.74) is 4.55. The molecule has 1 aromatic heterocycles. The Hall–Kier alpha value is -1.87. The van der Waals surface area contributed by atoms with Crippen LogP contribution in [0.25, 0.3) is 0 Å². The van der Waals surface area contributed by atoms with Crippen LogP contribution in [-0.2, 0) is 16.6 Å². The Bertz CT molecular complexity index is 1130. The number of rotatable bonds is 7. The van der Waals surface area contributed by atoms with Gasteiger partial charge in [0.1, 0.15) is 5.82 Å². The maximum Gasteiger partial charge on any atom is 0.229 e. The van der Waals surface area contributed by atoms with Gasteiger partial charge in [-0.15, -0.1) is 0 Å². The molecule has 3 heterocycles.